The number of benzene rings is 3. The predicted molar refractivity (Wildman–Crippen MR) is 142 cm³/mol. The molecule has 3 aromatic carbocycles. The van der Waals surface area contributed by atoms with Crippen LogP contribution >= 0.6 is 0 Å². The van der Waals surface area contributed by atoms with Crippen molar-refractivity contribution in [3.05, 3.63) is 89.5 Å². The molecule has 1 aliphatic heterocycles. The van der Waals surface area contributed by atoms with Gasteiger partial charge in [-0.25, -0.2) is 9.97 Å². The summed E-state index contributed by atoms with van der Waals surface area (Å²) in [6, 6.07) is 24.8. The van der Waals surface area contributed by atoms with Crippen molar-refractivity contribution in [2.24, 2.45) is 0 Å². The van der Waals surface area contributed by atoms with Crippen LogP contribution in [-0.4, -0.2) is 44.7 Å². The van der Waals surface area contributed by atoms with Crippen molar-refractivity contribution in [1.82, 2.24) is 25.1 Å². The van der Waals surface area contributed by atoms with Crippen molar-refractivity contribution < 1.29 is 4.42 Å². The first-order valence-corrected chi connectivity index (χ1v) is 12.4. The van der Waals surface area contributed by atoms with Gasteiger partial charge in [0.05, 0.1) is 5.52 Å². The largest absolute Gasteiger partial charge is 0.413 e. The van der Waals surface area contributed by atoms with Gasteiger partial charge >= 0.3 is 0 Å². The second-order valence-corrected chi connectivity index (χ2v) is 9.27. The van der Waals surface area contributed by atoms with Gasteiger partial charge in [-0.3, -0.25) is 4.90 Å². The van der Waals surface area contributed by atoms with Gasteiger partial charge in [-0.05, 0) is 55.2 Å². The molecule has 36 heavy (non-hydrogen) atoms. The SMILES string of the molecule is Cc1ccc(-c2nnc(-c3nc(NCCCN4CCc5ccccc5C4)c4ccccc4n3)o2)cc1. The number of para-hydroxylation sites is 1. The molecule has 0 unspecified atom stereocenters. The van der Waals surface area contributed by atoms with Crippen LogP contribution in [0.1, 0.15) is 23.1 Å². The normalized spacial score (nSPS) is 13.6. The van der Waals surface area contributed by atoms with Gasteiger partial charge in [-0.1, -0.05) is 54.1 Å². The van der Waals surface area contributed by atoms with E-state index in [0.29, 0.717) is 17.6 Å². The number of hydrogen-bond donors (Lipinski definition) is 1. The lowest BCUT2D eigenvalue weighted by Crippen LogP contribution is -2.32. The number of nitrogens with one attached hydrogen (secondary N) is 1. The molecule has 0 bridgehead atoms. The Labute approximate surface area is 210 Å². The summed E-state index contributed by atoms with van der Waals surface area (Å²) < 4.78 is 5.95. The first-order chi connectivity index (χ1) is 17.7. The van der Waals surface area contributed by atoms with Crippen molar-refractivity contribution >= 4 is 16.7 Å². The molecule has 0 spiro atoms. The van der Waals surface area contributed by atoms with E-state index in [1.807, 2.05) is 55.5 Å². The summed E-state index contributed by atoms with van der Waals surface area (Å²) in [6.45, 7) is 6.04. The van der Waals surface area contributed by atoms with Crippen molar-refractivity contribution in [2.45, 2.75) is 26.3 Å². The third-order valence-electron chi connectivity index (χ3n) is 6.67. The Morgan fingerprint density at radius 2 is 1.64 bits per heavy atom. The van der Waals surface area contributed by atoms with Crippen LogP contribution in [0.25, 0.3) is 34.1 Å². The van der Waals surface area contributed by atoms with Gasteiger partial charge in [0.25, 0.3) is 5.89 Å². The Hall–Kier alpha value is -4.10. The first kappa shape index (κ1) is 22.4. The fourth-order valence-corrected chi connectivity index (χ4v) is 4.69. The smallest absolute Gasteiger partial charge is 0.286 e. The third-order valence-corrected chi connectivity index (χ3v) is 6.67. The topological polar surface area (TPSA) is 80.0 Å². The highest BCUT2D eigenvalue weighted by Gasteiger charge is 2.17. The van der Waals surface area contributed by atoms with Crippen LogP contribution in [0.3, 0.4) is 0 Å². The molecule has 180 valence electrons. The zero-order valence-electron chi connectivity index (χ0n) is 20.3. The molecule has 1 N–H and O–H groups in total. The van der Waals surface area contributed by atoms with Gasteiger partial charge < -0.3 is 9.73 Å². The van der Waals surface area contributed by atoms with Crippen LogP contribution in [0.15, 0.2) is 77.2 Å². The molecule has 3 heterocycles. The molecule has 0 amide bonds. The summed E-state index contributed by atoms with van der Waals surface area (Å²) in [6.07, 6.45) is 2.15. The molecule has 7 nitrogen and oxygen atoms in total. The van der Waals surface area contributed by atoms with Crippen molar-refractivity contribution in [3.8, 4) is 23.2 Å². The maximum atomic E-state index is 5.95. The maximum Gasteiger partial charge on any atom is 0.286 e. The summed E-state index contributed by atoms with van der Waals surface area (Å²) in [5, 5.41) is 13.0. The molecular weight excluding hydrogens is 448 g/mol. The van der Waals surface area contributed by atoms with E-state index in [9.17, 15) is 0 Å². The van der Waals surface area contributed by atoms with Crippen LogP contribution in [-0.2, 0) is 13.0 Å². The van der Waals surface area contributed by atoms with Crippen molar-refractivity contribution in [2.75, 3.05) is 25.0 Å². The molecule has 6 rings (SSSR count). The zero-order chi connectivity index (χ0) is 24.3. The molecule has 0 radical (unpaired) electrons. The third kappa shape index (κ3) is 4.70. The fraction of sp³-hybridized carbons (Fsp3) is 0.241. The zero-order valence-corrected chi connectivity index (χ0v) is 20.3. The van der Waals surface area contributed by atoms with E-state index >= 15 is 0 Å². The molecule has 0 saturated heterocycles. The van der Waals surface area contributed by atoms with Gasteiger partial charge in [0.15, 0.2) is 0 Å². The second-order valence-electron chi connectivity index (χ2n) is 9.27. The van der Waals surface area contributed by atoms with Crippen molar-refractivity contribution in [1.29, 1.82) is 0 Å². The van der Waals surface area contributed by atoms with Gasteiger partial charge in [-0.15, -0.1) is 10.2 Å². The highest BCUT2D eigenvalue weighted by Crippen LogP contribution is 2.27. The number of nitrogens with zero attached hydrogens (tertiary/aromatic N) is 5. The predicted octanol–water partition coefficient (Wildman–Crippen LogP) is 5.52. The number of anilines is 1. The summed E-state index contributed by atoms with van der Waals surface area (Å²) in [5.41, 5.74) is 5.83. The lowest BCUT2D eigenvalue weighted by Gasteiger charge is -2.28. The summed E-state index contributed by atoms with van der Waals surface area (Å²) >= 11 is 0. The van der Waals surface area contributed by atoms with E-state index in [1.165, 1.54) is 16.7 Å². The Morgan fingerprint density at radius 3 is 2.53 bits per heavy atom. The molecule has 7 heteroatoms. The van der Waals surface area contributed by atoms with E-state index in [-0.39, 0.29) is 0 Å². The standard InChI is InChI=1S/C29H28N6O/c1-20-11-13-22(14-12-20)28-33-34-29(36-28)27-31-25-10-5-4-9-24(25)26(32-27)30-16-6-17-35-18-15-21-7-2-3-8-23(21)19-35/h2-5,7-14H,6,15-19H2,1H3,(H,30,31,32). The Kier molecular flexibility index (Phi) is 6.13. The molecule has 2 aromatic heterocycles. The van der Waals surface area contributed by atoms with Crippen LogP contribution in [0, 0.1) is 6.92 Å². The minimum absolute atomic E-state index is 0.311. The molecule has 1 aliphatic rings. The summed E-state index contributed by atoms with van der Waals surface area (Å²) in [7, 11) is 0. The molecule has 0 atom stereocenters. The second kappa shape index (κ2) is 9.87. The highest BCUT2D eigenvalue weighted by atomic mass is 16.4. The van der Waals surface area contributed by atoms with Crippen LogP contribution in [0.2, 0.25) is 0 Å². The number of aryl methyl sites for hydroxylation is 1. The number of hydrogen-bond acceptors (Lipinski definition) is 7. The Balaban J connectivity index is 1.17. The lowest BCUT2D eigenvalue weighted by molar-refractivity contribution is 0.253. The number of rotatable bonds is 7. The van der Waals surface area contributed by atoms with Gasteiger partial charge in [0, 0.05) is 37.1 Å². The number of fused-ring (bicyclic) bond motifs is 2. The Morgan fingerprint density at radius 1 is 0.861 bits per heavy atom. The average Bonchev–Trinajstić information content (AvgIpc) is 3.42. The quantitative estimate of drug-likeness (QED) is 0.310. The van der Waals surface area contributed by atoms with E-state index in [2.05, 4.69) is 44.7 Å². The molecular formula is C29H28N6O. The molecule has 0 saturated carbocycles. The average molecular weight is 477 g/mol. The highest BCUT2D eigenvalue weighted by molar-refractivity contribution is 5.90. The van der Waals surface area contributed by atoms with Crippen LogP contribution in [0.4, 0.5) is 5.82 Å². The first-order valence-electron chi connectivity index (χ1n) is 12.4. The minimum atomic E-state index is 0.311. The molecule has 5 aromatic rings. The fourth-order valence-electron chi connectivity index (χ4n) is 4.69. The lowest BCUT2D eigenvalue weighted by atomic mass is 10.00. The monoisotopic (exact) mass is 476 g/mol. The van der Waals surface area contributed by atoms with E-state index in [0.717, 1.165) is 61.3 Å². The minimum Gasteiger partial charge on any atom is -0.413 e. The van der Waals surface area contributed by atoms with Gasteiger partial charge in [0.1, 0.15) is 5.82 Å². The van der Waals surface area contributed by atoms with Crippen LogP contribution in [0.5, 0.6) is 0 Å². The van der Waals surface area contributed by atoms with Gasteiger partial charge in [0.2, 0.25) is 11.7 Å². The van der Waals surface area contributed by atoms with E-state index in [1.54, 1.807) is 0 Å². The van der Waals surface area contributed by atoms with Crippen molar-refractivity contribution in [3.63, 3.8) is 0 Å². The summed E-state index contributed by atoms with van der Waals surface area (Å²) in [5.74, 6) is 1.98. The number of aromatic nitrogens is 4. The molecule has 0 aliphatic carbocycles. The van der Waals surface area contributed by atoms with Gasteiger partial charge in [-0.2, -0.15) is 0 Å². The molecule has 0 fully saturated rings. The maximum absolute atomic E-state index is 5.95. The summed E-state index contributed by atoms with van der Waals surface area (Å²) in [4.78, 5) is 12.0. The van der Waals surface area contributed by atoms with E-state index in [4.69, 9.17) is 14.4 Å². The van der Waals surface area contributed by atoms with E-state index < -0.39 is 0 Å². The van der Waals surface area contributed by atoms with Crippen LogP contribution < -0.4 is 5.32 Å². The Bertz CT molecular complexity index is 1490.